The van der Waals surface area contributed by atoms with Gasteiger partial charge in [0.1, 0.15) is 6.04 Å². The quantitative estimate of drug-likeness (QED) is 0.752. The number of nitrogens with two attached hydrogens (primary N) is 1. The van der Waals surface area contributed by atoms with Gasteiger partial charge in [0, 0.05) is 7.11 Å². The van der Waals surface area contributed by atoms with Crippen molar-refractivity contribution in [3.05, 3.63) is 35.4 Å². The molecule has 0 radical (unpaired) electrons. The number of methoxy groups -OCH3 is 1. The first-order valence-corrected chi connectivity index (χ1v) is 4.69. The van der Waals surface area contributed by atoms with Crippen molar-refractivity contribution in [3.8, 4) is 0 Å². The third-order valence-corrected chi connectivity index (χ3v) is 2.18. The highest BCUT2D eigenvalue weighted by molar-refractivity contribution is 5.73. The molecule has 0 amide bonds. The van der Waals surface area contributed by atoms with Crippen LogP contribution in [-0.2, 0) is 22.6 Å². The third-order valence-electron chi connectivity index (χ3n) is 2.18. The van der Waals surface area contributed by atoms with Crippen LogP contribution < -0.4 is 5.73 Å². The summed E-state index contributed by atoms with van der Waals surface area (Å²) in [5.41, 5.74) is 7.38. The van der Waals surface area contributed by atoms with Crippen LogP contribution in [0.2, 0.25) is 0 Å². The maximum atomic E-state index is 10.6. The van der Waals surface area contributed by atoms with Gasteiger partial charge >= 0.3 is 5.97 Å². The van der Waals surface area contributed by atoms with Gasteiger partial charge in [-0.2, -0.15) is 0 Å². The lowest BCUT2D eigenvalue weighted by Gasteiger charge is -2.11. The van der Waals surface area contributed by atoms with E-state index in [4.69, 9.17) is 15.6 Å². The molecule has 1 rings (SSSR count). The van der Waals surface area contributed by atoms with Crippen molar-refractivity contribution in [2.75, 3.05) is 7.11 Å². The minimum absolute atomic E-state index is 0.328. The minimum Gasteiger partial charge on any atom is -0.480 e. The Labute approximate surface area is 88.7 Å². The average Bonchev–Trinajstić information content (AvgIpc) is 2.21. The third kappa shape index (κ3) is 3.34. The lowest BCUT2D eigenvalue weighted by Crippen LogP contribution is -2.32. The van der Waals surface area contributed by atoms with E-state index in [0.29, 0.717) is 13.0 Å². The standard InChI is InChI=1S/C11H15NO3/c1-15-7-9-5-3-2-4-8(9)6-10(12)11(13)14/h2-5,10H,6-7,12H2,1H3,(H,13,14). The fourth-order valence-electron chi connectivity index (χ4n) is 1.38. The lowest BCUT2D eigenvalue weighted by atomic mass is 10.0. The summed E-state index contributed by atoms with van der Waals surface area (Å²) < 4.78 is 5.02. The number of ether oxygens (including phenoxy) is 1. The van der Waals surface area contributed by atoms with Gasteiger partial charge in [0.05, 0.1) is 6.61 Å². The molecule has 0 bridgehead atoms. The van der Waals surface area contributed by atoms with Crippen molar-refractivity contribution < 1.29 is 14.6 Å². The number of hydrogen-bond acceptors (Lipinski definition) is 3. The molecular formula is C11H15NO3. The topological polar surface area (TPSA) is 72.5 Å². The Kier molecular flexibility index (Phi) is 4.27. The molecule has 0 aliphatic rings. The molecule has 1 atom stereocenters. The highest BCUT2D eigenvalue weighted by Gasteiger charge is 2.13. The SMILES string of the molecule is COCc1ccccc1CC(N)C(=O)O. The zero-order valence-corrected chi connectivity index (χ0v) is 8.64. The maximum Gasteiger partial charge on any atom is 0.320 e. The molecule has 0 aromatic heterocycles. The predicted molar refractivity (Wildman–Crippen MR) is 56.5 cm³/mol. The minimum atomic E-state index is -0.984. The molecule has 0 fully saturated rings. The van der Waals surface area contributed by atoms with Crippen molar-refractivity contribution in [2.45, 2.75) is 19.1 Å². The molecule has 0 spiro atoms. The second kappa shape index (κ2) is 5.48. The van der Waals surface area contributed by atoms with Crippen molar-refractivity contribution >= 4 is 5.97 Å². The average molecular weight is 209 g/mol. The van der Waals surface area contributed by atoms with Gasteiger partial charge in [-0.3, -0.25) is 4.79 Å². The molecule has 1 aromatic rings. The van der Waals surface area contributed by atoms with Gasteiger partial charge in [0.15, 0.2) is 0 Å². The van der Waals surface area contributed by atoms with Crippen molar-refractivity contribution in [1.82, 2.24) is 0 Å². The van der Waals surface area contributed by atoms with Crippen LogP contribution in [0.4, 0.5) is 0 Å². The Balaban J connectivity index is 2.79. The zero-order valence-electron chi connectivity index (χ0n) is 8.64. The summed E-state index contributed by atoms with van der Waals surface area (Å²) in [5, 5.41) is 8.71. The first-order valence-electron chi connectivity index (χ1n) is 4.69. The number of carboxylic acids is 1. The van der Waals surface area contributed by atoms with Gasteiger partial charge in [-0.05, 0) is 17.5 Å². The first kappa shape index (κ1) is 11.7. The Morgan fingerprint density at radius 3 is 2.60 bits per heavy atom. The Morgan fingerprint density at radius 1 is 1.47 bits per heavy atom. The molecule has 0 aliphatic heterocycles. The maximum absolute atomic E-state index is 10.6. The van der Waals surface area contributed by atoms with E-state index in [1.807, 2.05) is 24.3 Å². The molecule has 0 saturated carbocycles. The Morgan fingerprint density at radius 2 is 2.07 bits per heavy atom. The van der Waals surface area contributed by atoms with Crippen LogP contribution >= 0.6 is 0 Å². The van der Waals surface area contributed by atoms with E-state index in [1.54, 1.807) is 7.11 Å². The van der Waals surface area contributed by atoms with Crippen LogP contribution in [0.1, 0.15) is 11.1 Å². The molecule has 0 saturated heterocycles. The number of hydrogen-bond donors (Lipinski definition) is 2. The highest BCUT2D eigenvalue weighted by atomic mass is 16.5. The second-order valence-corrected chi connectivity index (χ2v) is 3.35. The fraction of sp³-hybridized carbons (Fsp3) is 0.364. The summed E-state index contributed by atoms with van der Waals surface area (Å²) in [4.78, 5) is 10.6. The van der Waals surface area contributed by atoms with E-state index in [1.165, 1.54) is 0 Å². The summed E-state index contributed by atoms with van der Waals surface area (Å²) in [6.45, 7) is 0.475. The fourth-order valence-corrected chi connectivity index (χ4v) is 1.38. The largest absolute Gasteiger partial charge is 0.480 e. The molecule has 4 heteroatoms. The van der Waals surface area contributed by atoms with Gasteiger partial charge in [0.25, 0.3) is 0 Å². The van der Waals surface area contributed by atoms with Crippen LogP contribution in [0, 0.1) is 0 Å². The summed E-state index contributed by atoms with van der Waals surface area (Å²) in [5.74, 6) is -0.984. The number of benzene rings is 1. The number of carbonyl (C=O) groups is 1. The van der Waals surface area contributed by atoms with E-state index in [2.05, 4.69) is 0 Å². The van der Waals surface area contributed by atoms with E-state index in [0.717, 1.165) is 11.1 Å². The van der Waals surface area contributed by atoms with Crippen LogP contribution in [0.5, 0.6) is 0 Å². The molecule has 3 N–H and O–H groups in total. The molecule has 4 nitrogen and oxygen atoms in total. The van der Waals surface area contributed by atoms with Crippen molar-refractivity contribution in [3.63, 3.8) is 0 Å². The molecule has 82 valence electrons. The van der Waals surface area contributed by atoms with Gasteiger partial charge < -0.3 is 15.6 Å². The number of rotatable bonds is 5. The molecule has 1 unspecified atom stereocenters. The number of carboxylic acid groups (broad SMARTS) is 1. The molecule has 0 heterocycles. The summed E-state index contributed by atoms with van der Waals surface area (Å²) in [6.07, 6.45) is 0.328. The monoisotopic (exact) mass is 209 g/mol. The van der Waals surface area contributed by atoms with Crippen LogP contribution in [0.25, 0.3) is 0 Å². The van der Waals surface area contributed by atoms with E-state index >= 15 is 0 Å². The summed E-state index contributed by atoms with van der Waals surface area (Å²) >= 11 is 0. The predicted octanol–water partition coefficient (Wildman–Crippen LogP) is 0.787. The van der Waals surface area contributed by atoms with E-state index in [9.17, 15) is 4.79 Å². The van der Waals surface area contributed by atoms with Crippen molar-refractivity contribution in [1.29, 1.82) is 0 Å². The van der Waals surface area contributed by atoms with Crippen molar-refractivity contribution in [2.24, 2.45) is 5.73 Å². The van der Waals surface area contributed by atoms with Gasteiger partial charge in [0.2, 0.25) is 0 Å². The Bertz CT molecular complexity index is 338. The highest BCUT2D eigenvalue weighted by Crippen LogP contribution is 2.11. The molecule has 0 aliphatic carbocycles. The summed E-state index contributed by atoms with van der Waals surface area (Å²) in [7, 11) is 1.61. The normalized spacial score (nSPS) is 12.4. The van der Waals surface area contributed by atoms with Gasteiger partial charge in [-0.1, -0.05) is 24.3 Å². The lowest BCUT2D eigenvalue weighted by molar-refractivity contribution is -0.138. The zero-order chi connectivity index (χ0) is 11.3. The molecule has 1 aromatic carbocycles. The Hall–Kier alpha value is -1.39. The van der Waals surface area contributed by atoms with Crippen LogP contribution in [0.15, 0.2) is 24.3 Å². The second-order valence-electron chi connectivity index (χ2n) is 3.35. The molecular weight excluding hydrogens is 194 g/mol. The number of aliphatic carboxylic acids is 1. The first-order chi connectivity index (χ1) is 7.15. The molecule has 15 heavy (non-hydrogen) atoms. The van der Waals surface area contributed by atoms with Crippen LogP contribution in [0.3, 0.4) is 0 Å². The van der Waals surface area contributed by atoms with Crippen LogP contribution in [-0.4, -0.2) is 24.2 Å². The van der Waals surface area contributed by atoms with Gasteiger partial charge in [-0.25, -0.2) is 0 Å². The van der Waals surface area contributed by atoms with E-state index in [-0.39, 0.29) is 0 Å². The smallest absolute Gasteiger partial charge is 0.320 e. The van der Waals surface area contributed by atoms with E-state index < -0.39 is 12.0 Å². The van der Waals surface area contributed by atoms with Gasteiger partial charge in [-0.15, -0.1) is 0 Å². The summed E-state index contributed by atoms with van der Waals surface area (Å²) in [6, 6.07) is 6.68.